The van der Waals surface area contributed by atoms with Crippen molar-refractivity contribution in [2.24, 2.45) is 0 Å². The largest absolute Gasteiger partial charge is 0.495 e. The Labute approximate surface area is 605 Å². The van der Waals surface area contributed by atoms with Crippen LogP contribution in [0.3, 0.4) is 0 Å². The molecule has 0 aliphatic carbocycles. The van der Waals surface area contributed by atoms with E-state index in [0.717, 1.165) is 127 Å². The Balaban J connectivity index is 0.000000164. The number of benzene rings is 3. The minimum Gasteiger partial charge on any atom is -0.495 e. The number of likely N-dealkylation sites (tertiary alicyclic amines) is 2. The summed E-state index contributed by atoms with van der Waals surface area (Å²) in [4.78, 5) is 50.1. The van der Waals surface area contributed by atoms with E-state index in [4.69, 9.17) is 80.6 Å². The topological polar surface area (TPSA) is 263 Å². The number of methoxy groups -OCH3 is 3. The van der Waals surface area contributed by atoms with Gasteiger partial charge in [-0.2, -0.15) is 44.9 Å². The number of ether oxygens (including phenoxy) is 3. The molecular formula is C68H104Cl4N24O3. The van der Waals surface area contributed by atoms with Crippen molar-refractivity contribution in [2.45, 2.75) is 134 Å². The lowest BCUT2D eigenvalue weighted by atomic mass is 10.0. The van der Waals surface area contributed by atoms with Crippen molar-refractivity contribution in [3.05, 3.63) is 74.9 Å². The molecule has 0 saturated carbocycles. The van der Waals surface area contributed by atoms with E-state index < -0.39 is 0 Å². The fourth-order valence-corrected chi connectivity index (χ4v) is 13.4. The van der Waals surface area contributed by atoms with E-state index in [-0.39, 0.29) is 5.28 Å². The first-order chi connectivity index (χ1) is 48.1. The fraction of sp³-hybridized carbons (Fsp3) is 0.603. The van der Waals surface area contributed by atoms with Crippen LogP contribution in [-0.4, -0.2) is 223 Å². The zero-order valence-electron chi connectivity index (χ0n) is 59.0. The summed E-state index contributed by atoms with van der Waals surface area (Å²) in [5, 5.41) is 24.6. The Morgan fingerprint density at radius 1 is 0.404 bits per heavy atom. The number of hydrazine groups is 3. The van der Waals surface area contributed by atoms with Gasteiger partial charge in [-0.05, 0) is 204 Å². The predicted molar refractivity (Wildman–Crippen MR) is 402 cm³/mol. The molecule has 3 aromatic heterocycles. The smallest absolute Gasteiger partial charge is 0.244 e. The molecule has 6 aliphatic rings. The van der Waals surface area contributed by atoms with Gasteiger partial charge in [0.05, 0.1) is 36.4 Å². The van der Waals surface area contributed by atoms with Crippen LogP contribution in [0.15, 0.2) is 54.6 Å². The second-order valence-corrected chi connectivity index (χ2v) is 27.4. The van der Waals surface area contributed by atoms with Crippen molar-refractivity contribution in [2.75, 3.05) is 177 Å². The van der Waals surface area contributed by atoms with E-state index in [2.05, 4.69) is 138 Å². The number of hydrogen-bond donors (Lipinski definition) is 8. The van der Waals surface area contributed by atoms with Crippen LogP contribution in [0.2, 0.25) is 20.4 Å². The SMILES string of the molecule is CNC1CCN(C)CC1.COc1ccc(Nc2nc(Cl)nc(NN3CCCCCC3)n2)cc1Cl.COc1ccc(Nc2nc(NN3CCCCCC3)nc(N(C)C3CCN(C)CC3)n2)cc1Cl.COc1ccc(Nc2nc(NN3CCCCCC3)nc(N(C)C3CCNCC3)n2)cc1Cl. The van der Waals surface area contributed by atoms with Crippen LogP contribution < -0.4 is 66.9 Å². The number of nitrogens with zero attached hydrogens (tertiary/aromatic N) is 16. The third-order valence-electron chi connectivity index (χ3n) is 18.5. The quantitative estimate of drug-likeness (QED) is 0.0353. The van der Waals surface area contributed by atoms with Crippen LogP contribution in [-0.2, 0) is 0 Å². The molecule has 99 heavy (non-hydrogen) atoms. The minimum absolute atomic E-state index is 0.120. The summed E-state index contributed by atoms with van der Waals surface area (Å²) in [6.07, 6.45) is 21.5. The Morgan fingerprint density at radius 2 is 0.717 bits per heavy atom. The van der Waals surface area contributed by atoms with Gasteiger partial charge in [0, 0.05) is 88.6 Å². The first-order valence-electron chi connectivity index (χ1n) is 35.1. The molecule has 0 spiro atoms. The van der Waals surface area contributed by atoms with E-state index in [0.29, 0.717) is 92.0 Å². The van der Waals surface area contributed by atoms with Crippen molar-refractivity contribution in [1.82, 2.24) is 80.3 Å². The molecule has 6 aliphatic heterocycles. The summed E-state index contributed by atoms with van der Waals surface area (Å²) in [6, 6.07) is 18.0. The monoisotopic (exact) mass is 1440 g/mol. The zero-order valence-corrected chi connectivity index (χ0v) is 62.1. The molecule has 6 saturated heterocycles. The summed E-state index contributed by atoms with van der Waals surface area (Å²) >= 11 is 24.8. The van der Waals surface area contributed by atoms with Gasteiger partial charge in [-0.15, -0.1) is 0 Å². The highest BCUT2D eigenvalue weighted by Gasteiger charge is 2.26. The van der Waals surface area contributed by atoms with Crippen LogP contribution in [0.5, 0.6) is 17.2 Å². The Morgan fingerprint density at radius 3 is 1.06 bits per heavy atom. The first kappa shape index (κ1) is 76.5. The normalized spacial score (nSPS) is 18.2. The summed E-state index contributed by atoms with van der Waals surface area (Å²) < 4.78 is 15.7. The van der Waals surface area contributed by atoms with Gasteiger partial charge in [-0.25, -0.2) is 15.0 Å². The minimum atomic E-state index is 0.120. The summed E-state index contributed by atoms with van der Waals surface area (Å²) in [7, 11) is 15.3. The van der Waals surface area contributed by atoms with Gasteiger partial charge in [-0.1, -0.05) is 73.3 Å². The third kappa shape index (κ3) is 24.8. The van der Waals surface area contributed by atoms with Gasteiger partial charge in [0.1, 0.15) is 17.2 Å². The number of halogens is 4. The molecule has 27 nitrogen and oxygen atoms in total. The second-order valence-electron chi connectivity index (χ2n) is 25.9. The van der Waals surface area contributed by atoms with Crippen molar-refractivity contribution < 1.29 is 14.2 Å². The van der Waals surface area contributed by atoms with Crippen LogP contribution >= 0.6 is 46.4 Å². The van der Waals surface area contributed by atoms with Crippen molar-refractivity contribution in [3.8, 4) is 17.2 Å². The second kappa shape index (κ2) is 40.1. The number of anilines is 11. The van der Waals surface area contributed by atoms with Gasteiger partial charge in [0.25, 0.3) is 0 Å². The van der Waals surface area contributed by atoms with E-state index in [1.807, 2.05) is 42.5 Å². The molecule has 0 bridgehead atoms. The van der Waals surface area contributed by atoms with Gasteiger partial charge < -0.3 is 60.4 Å². The van der Waals surface area contributed by atoms with Crippen molar-refractivity contribution in [1.29, 1.82) is 0 Å². The maximum Gasteiger partial charge on any atom is 0.244 e. The van der Waals surface area contributed by atoms with Crippen LogP contribution in [0, 0.1) is 0 Å². The summed E-state index contributed by atoms with van der Waals surface area (Å²) in [5.41, 5.74) is 12.4. The van der Waals surface area contributed by atoms with Gasteiger partial charge in [-0.3, -0.25) is 16.3 Å². The number of piperidine rings is 3. The van der Waals surface area contributed by atoms with Crippen molar-refractivity contribution in [3.63, 3.8) is 0 Å². The molecule has 6 fully saturated rings. The molecule has 31 heteroatoms. The fourth-order valence-electron chi connectivity index (χ4n) is 12.5. The summed E-state index contributed by atoms with van der Waals surface area (Å²) in [5.74, 6) is 6.03. The number of hydrogen-bond acceptors (Lipinski definition) is 27. The van der Waals surface area contributed by atoms with E-state index >= 15 is 0 Å². The molecule has 6 aromatic rings. The third-order valence-corrected chi connectivity index (χ3v) is 19.6. The molecule has 0 atom stereocenters. The average Bonchev–Trinajstić information content (AvgIpc) is 1.26. The molecule has 3 aromatic carbocycles. The number of rotatable bonds is 20. The highest BCUT2D eigenvalue weighted by Crippen LogP contribution is 2.33. The summed E-state index contributed by atoms with van der Waals surface area (Å²) in [6.45, 7) is 12.6. The molecule has 9 heterocycles. The van der Waals surface area contributed by atoms with Crippen LogP contribution in [0.1, 0.15) is 116 Å². The average molecular weight is 1450 g/mol. The Kier molecular flexibility index (Phi) is 31.0. The lowest BCUT2D eigenvalue weighted by Crippen LogP contribution is -2.42. The standard InChI is InChI=1S/C23H35ClN8O.C22H33ClN8O.C16H20Cl2N6O.C7H16N2/c1-30-14-10-18(11-15-30)31(2)23-27-21(25-17-8-9-20(33-3)19(24)16-17)26-22(28-23)29-32-12-6-4-5-7-13-32;1-30(17-9-11-24-12-10-17)22-27-20(25-16-7-8-19(32-2)18(23)15-16)26-21(28-22)29-31-13-5-3-4-6-14-31;1-25-13-7-6-11(10-12(13)17)19-15-20-14(18)21-16(22-15)23-24-8-4-2-3-5-9-24;1-8-7-3-5-9(2)6-4-7/h8-9,16,18H,4-7,10-15H2,1-3H3,(H2,25,26,27,28,29);7-8,15,17,24H,3-6,9-14H2,1-2H3,(H2,25,26,27,28,29);6-7,10H,2-5,8-9H2,1H3,(H2,19,20,21,22,23);7-8H,3-6H2,1-2H3. The maximum absolute atomic E-state index is 6.32. The Hall–Kier alpha value is -6.63. The predicted octanol–water partition coefficient (Wildman–Crippen LogP) is 12.1. The molecule has 8 N–H and O–H groups in total. The molecule has 542 valence electrons. The highest BCUT2D eigenvalue weighted by atomic mass is 35.5. The van der Waals surface area contributed by atoms with E-state index in [9.17, 15) is 0 Å². The lowest BCUT2D eigenvalue weighted by molar-refractivity contribution is 0.240. The van der Waals surface area contributed by atoms with Gasteiger partial charge in [0.15, 0.2) is 0 Å². The van der Waals surface area contributed by atoms with Crippen LogP contribution in [0.4, 0.5) is 64.6 Å². The molecular weight excluding hydrogens is 1340 g/mol. The zero-order chi connectivity index (χ0) is 69.9. The molecule has 12 rings (SSSR count). The van der Waals surface area contributed by atoms with E-state index in [1.165, 1.54) is 90.1 Å². The maximum atomic E-state index is 6.32. The lowest BCUT2D eigenvalue weighted by Gasteiger charge is -2.35. The number of nitrogens with one attached hydrogen (secondary N) is 8. The van der Waals surface area contributed by atoms with E-state index in [1.54, 1.807) is 33.5 Å². The highest BCUT2D eigenvalue weighted by molar-refractivity contribution is 6.33. The van der Waals surface area contributed by atoms with Gasteiger partial charge >= 0.3 is 0 Å². The van der Waals surface area contributed by atoms with Crippen molar-refractivity contribution >= 4 is 111 Å². The molecule has 0 unspecified atom stereocenters. The Bertz CT molecular complexity index is 3380. The number of aromatic nitrogens is 9. The van der Waals surface area contributed by atoms with Crippen LogP contribution in [0.25, 0.3) is 0 Å². The molecule has 0 amide bonds. The molecule has 0 radical (unpaired) electrons. The first-order valence-corrected chi connectivity index (χ1v) is 36.6. The van der Waals surface area contributed by atoms with Gasteiger partial charge in [0.2, 0.25) is 52.9 Å².